The zero-order chi connectivity index (χ0) is 21.2. The lowest BCUT2D eigenvalue weighted by Crippen LogP contribution is -2.30. The van der Waals surface area contributed by atoms with Gasteiger partial charge in [0.05, 0.1) is 24.2 Å². The molecule has 0 spiro atoms. The van der Waals surface area contributed by atoms with Crippen LogP contribution < -0.4 is 9.64 Å². The molecule has 1 aliphatic rings. The summed E-state index contributed by atoms with van der Waals surface area (Å²) in [6.07, 6.45) is 0. The normalized spacial score (nSPS) is 12.2. The highest BCUT2D eigenvalue weighted by Crippen LogP contribution is 2.48. The van der Waals surface area contributed by atoms with E-state index in [0.717, 1.165) is 26.9 Å². The number of anilines is 2. The van der Waals surface area contributed by atoms with E-state index in [2.05, 4.69) is 15.5 Å². The maximum Gasteiger partial charge on any atom is 0.242 e. The molecular formula is C22H17N5O2S2. The number of ether oxygens (including phenoxy) is 1. The number of thioether (sulfide) groups is 1. The van der Waals surface area contributed by atoms with Gasteiger partial charge in [0.1, 0.15) is 11.4 Å². The third-order valence-electron chi connectivity index (χ3n) is 4.76. The molecule has 1 amide bonds. The van der Waals surface area contributed by atoms with E-state index in [0.29, 0.717) is 10.9 Å². The number of fused-ring (bicyclic) bond motifs is 2. The van der Waals surface area contributed by atoms with E-state index in [-0.39, 0.29) is 11.7 Å². The minimum Gasteiger partial charge on any atom is -0.494 e. The van der Waals surface area contributed by atoms with E-state index in [1.54, 1.807) is 28.5 Å². The maximum absolute atomic E-state index is 13.4. The number of nitrogens with zero attached hydrogens (tertiary/aromatic N) is 5. The quantitative estimate of drug-likeness (QED) is 0.414. The van der Waals surface area contributed by atoms with Crippen LogP contribution in [-0.4, -0.2) is 39.0 Å². The largest absolute Gasteiger partial charge is 0.494 e. The van der Waals surface area contributed by atoms with Crippen LogP contribution in [-0.2, 0) is 4.79 Å². The highest BCUT2D eigenvalue weighted by Gasteiger charge is 2.28. The summed E-state index contributed by atoms with van der Waals surface area (Å²) < 4.78 is 7.01. The molecule has 9 heteroatoms. The van der Waals surface area contributed by atoms with E-state index in [1.807, 2.05) is 72.8 Å². The fourth-order valence-corrected chi connectivity index (χ4v) is 5.18. The Morgan fingerprint density at radius 2 is 1.55 bits per heavy atom. The van der Waals surface area contributed by atoms with E-state index in [1.165, 1.54) is 11.8 Å². The molecule has 0 N–H and O–H groups in total. The Hall–Kier alpha value is -3.30. The topological polar surface area (TPSA) is 73.1 Å². The SMILES string of the molecule is COc1ccccc1-n1nnnc1SCC(=O)N1c2ccccc2Sc2ccccc21. The van der Waals surface area contributed by atoms with Gasteiger partial charge in [-0.3, -0.25) is 9.69 Å². The predicted molar refractivity (Wildman–Crippen MR) is 121 cm³/mol. The van der Waals surface area contributed by atoms with Crippen molar-refractivity contribution in [2.75, 3.05) is 17.8 Å². The Bertz CT molecular complexity index is 1210. The first-order valence-electron chi connectivity index (χ1n) is 9.49. The van der Waals surface area contributed by atoms with Gasteiger partial charge in [-0.2, -0.15) is 4.68 Å². The Morgan fingerprint density at radius 1 is 0.935 bits per heavy atom. The molecule has 4 aromatic rings. The second-order valence-electron chi connectivity index (χ2n) is 6.60. The van der Waals surface area contributed by atoms with Crippen molar-refractivity contribution in [3.8, 4) is 11.4 Å². The first-order chi connectivity index (χ1) is 15.3. The van der Waals surface area contributed by atoms with Crippen LogP contribution in [0.15, 0.2) is 87.7 Å². The zero-order valence-electron chi connectivity index (χ0n) is 16.5. The monoisotopic (exact) mass is 447 g/mol. The number of methoxy groups -OCH3 is 1. The van der Waals surface area contributed by atoms with Gasteiger partial charge in [-0.05, 0) is 46.8 Å². The second kappa shape index (κ2) is 8.44. The summed E-state index contributed by atoms with van der Waals surface area (Å²) in [7, 11) is 1.60. The van der Waals surface area contributed by atoms with Gasteiger partial charge in [-0.25, -0.2) is 0 Å². The number of aromatic nitrogens is 4. The molecule has 1 aliphatic heterocycles. The van der Waals surface area contributed by atoms with Gasteiger partial charge in [0, 0.05) is 9.79 Å². The second-order valence-corrected chi connectivity index (χ2v) is 8.63. The molecular weight excluding hydrogens is 430 g/mol. The first kappa shape index (κ1) is 19.7. The summed E-state index contributed by atoms with van der Waals surface area (Å²) in [5, 5.41) is 12.5. The van der Waals surface area contributed by atoms with Crippen LogP contribution in [0.3, 0.4) is 0 Å². The molecule has 5 rings (SSSR count). The number of carbonyl (C=O) groups is 1. The van der Waals surface area contributed by atoms with Crippen molar-refractivity contribution in [3.63, 3.8) is 0 Å². The van der Waals surface area contributed by atoms with E-state index in [4.69, 9.17) is 4.74 Å². The molecule has 2 heterocycles. The van der Waals surface area contributed by atoms with Crippen LogP contribution in [0.4, 0.5) is 11.4 Å². The summed E-state index contributed by atoms with van der Waals surface area (Å²) in [6.45, 7) is 0. The van der Waals surface area contributed by atoms with Crippen LogP contribution >= 0.6 is 23.5 Å². The minimum absolute atomic E-state index is 0.0419. The molecule has 31 heavy (non-hydrogen) atoms. The fourth-order valence-electron chi connectivity index (χ4n) is 3.39. The van der Waals surface area contributed by atoms with Gasteiger partial charge in [0.2, 0.25) is 11.1 Å². The number of rotatable bonds is 5. The summed E-state index contributed by atoms with van der Waals surface area (Å²) in [4.78, 5) is 17.3. The molecule has 0 fully saturated rings. The van der Waals surface area contributed by atoms with Crippen molar-refractivity contribution < 1.29 is 9.53 Å². The standard InChI is InChI=1S/C22H17N5O2S2/c1-29-18-11-5-2-8-15(18)27-22(23-24-25-27)30-14-21(28)26-16-9-3-6-12-19(16)31-20-13-7-4-10-17(20)26/h2-13H,14H2,1H3. The highest BCUT2D eigenvalue weighted by molar-refractivity contribution is 8.00. The van der Waals surface area contributed by atoms with Gasteiger partial charge in [0.25, 0.3) is 0 Å². The van der Waals surface area contributed by atoms with Crippen LogP contribution in [0.25, 0.3) is 5.69 Å². The Balaban J connectivity index is 1.43. The molecule has 0 aliphatic carbocycles. The van der Waals surface area contributed by atoms with E-state index in [9.17, 15) is 4.79 Å². The van der Waals surface area contributed by atoms with Gasteiger partial charge in [-0.1, -0.05) is 59.9 Å². The predicted octanol–water partition coefficient (Wildman–Crippen LogP) is 4.59. The average Bonchev–Trinajstić information content (AvgIpc) is 3.29. The van der Waals surface area contributed by atoms with Gasteiger partial charge < -0.3 is 4.74 Å². The van der Waals surface area contributed by atoms with Crippen LogP contribution in [0, 0.1) is 0 Å². The summed E-state index contributed by atoms with van der Waals surface area (Å²) in [5.74, 6) is 0.793. The van der Waals surface area contributed by atoms with Crippen molar-refractivity contribution in [3.05, 3.63) is 72.8 Å². The van der Waals surface area contributed by atoms with E-state index < -0.39 is 0 Å². The average molecular weight is 448 g/mol. The zero-order valence-corrected chi connectivity index (χ0v) is 18.1. The third kappa shape index (κ3) is 3.66. The lowest BCUT2D eigenvalue weighted by molar-refractivity contribution is -0.115. The number of para-hydroxylation sites is 4. The van der Waals surface area contributed by atoms with Gasteiger partial charge in [0.15, 0.2) is 0 Å². The van der Waals surface area contributed by atoms with Crippen LogP contribution in [0.5, 0.6) is 5.75 Å². The Labute approximate surface area is 187 Å². The van der Waals surface area contributed by atoms with Gasteiger partial charge in [-0.15, -0.1) is 5.10 Å². The first-order valence-corrected chi connectivity index (χ1v) is 11.3. The molecule has 3 aromatic carbocycles. The van der Waals surface area contributed by atoms with Crippen LogP contribution in [0.2, 0.25) is 0 Å². The number of hydrogen-bond donors (Lipinski definition) is 0. The summed E-state index contributed by atoms with van der Waals surface area (Å²) in [6, 6.07) is 23.4. The number of hydrogen-bond acceptors (Lipinski definition) is 7. The summed E-state index contributed by atoms with van der Waals surface area (Å²) in [5.41, 5.74) is 2.50. The molecule has 0 unspecified atom stereocenters. The fraction of sp³-hybridized carbons (Fsp3) is 0.0909. The highest BCUT2D eigenvalue weighted by atomic mass is 32.2. The molecule has 0 atom stereocenters. The molecule has 0 saturated heterocycles. The molecule has 0 bridgehead atoms. The summed E-state index contributed by atoms with van der Waals surface area (Å²) >= 11 is 2.96. The van der Waals surface area contributed by atoms with Crippen molar-refractivity contribution >= 4 is 40.8 Å². The number of benzene rings is 3. The lowest BCUT2D eigenvalue weighted by Gasteiger charge is -2.30. The minimum atomic E-state index is -0.0419. The Morgan fingerprint density at radius 3 is 2.23 bits per heavy atom. The lowest BCUT2D eigenvalue weighted by atomic mass is 10.2. The Kier molecular flexibility index (Phi) is 5.35. The van der Waals surface area contributed by atoms with Crippen LogP contribution in [0.1, 0.15) is 0 Å². The maximum atomic E-state index is 13.4. The number of amides is 1. The number of tetrazole rings is 1. The molecule has 0 saturated carbocycles. The molecule has 154 valence electrons. The van der Waals surface area contributed by atoms with Crippen molar-refractivity contribution in [2.24, 2.45) is 0 Å². The van der Waals surface area contributed by atoms with Gasteiger partial charge >= 0.3 is 0 Å². The van der Waals surface area contributed by atoms with Crippen molar-refractivity contribution in [1.29, 1.82) is 0 Å². The van der Waals surface area contributed by atoms with E-state index >= 15 is 0 Å². The van der Waals surface area contributed by atoms with Crippen molar-refractivity contribution in [1.82, 2.24) is 20.2 Å². The smallest absolute Gasteiger partial charge is 0.242 e. The molecule has 1 aromatic heterocycles. The third-order valence-corrected chi connectivity index (χ3v) is 6.79. The van der Waals surface area contributed by atoms with Crippen molar-refractivity contribution in [2.45, 2.75) is 14.9 Å². The molecule has 0 radical (unpaired) electrons. The number of carbonyl (C=O) groups excluding carboxylic acids is 1. The molecule has 7 nitrogen and oxygen atoms in total.